The Hall–Kier alpha value is -1.75. The van der Waals surface area contributed by atoms with Crippen molar-refractivity contribution in [2.24, 2.45) is 0 Å². The number of benzene rings is 1. The molecule has 1 aromatic carbocycles. The van der Waals surface area contributed by atoms with Gasteiger partial charge in [-0.2, -0.15) is 0 Å². The van der Waals surface area contributed by atoms with E-state index in [0.29, 0.717) is 19.0 Å². The standard InChI is InChI=1S/C12H14FN3O/c1-9-3-4-10(13)7-11(9)12-15-14-8-16(12)5-6-17-2/h3-4,7-8H,5-6H2,1-2H3. The monoisotopic (exact) mass is 235 g/mol. The van der Waals surface area contributed by atoms with Gasteiger partial charge in [0.05, 0.1) is 6.61 Å². The van der Waals surface area contributed by atoms with Crippen LogP contribution in [0.25, 0.3) is 11.4 Å². The first kappa shape index (κ1) is 11.7. The van der Waals surface area contributed by atoms with E-state index in [9.17, 15) is 4.39 Å². The van der Waals surface area contributed by atoms with E-state index in [2.05, 4.69) is 10.2 Å². The molecule has 0 saturated carbocycles. The molecule has 1 heterocycles. The van der Waals surface area contributed by atoms with Crippen LogP contribution in [0.4, 0.5) is 4.39 Å². The molecule has 0 saturated heterocycles. The second-order valence-corrected chi connectivity index (χ2v) is 3.80. The maximum absolute atomic E-state index is 13.2. The normalized spacial score (nSPS) is 10.8. The van der Waals surface area contributed by atoms with Gasteiger partial charge in [0.2, 0.25) is 0 Å². The fourth-order valence-electron chi connectivity index (χ4n) is 1.65. The zero-order valence-corrected chi connectivity index (χ0v) is 9.85. The summed E-state index contributed by atoms with van der Waals surface area (Å²) in [5.41, 5.74) is 1.73. The Morgan fingerprint density at radius 1 is 1.41 bits per heavy atom. The van der Waals surface area contributed by atoms with Crippen molar-refractivity contribution in [1.29, 1.82) is 0 Å². The molecule has 0 bridgehead atoms. The van der Waals surface area contributed by atoms with Crippen LogP contribution in [0.2, 0.25) is 0 Å². The first-order valence-electron chi connectivity index (χ1n) is 5.35. The topological polar surface area (TPSA) is 39.9 Å². The van der Waals surface area contributed by atoms with Gasteiger partial charge in [0, 0.05) is 19.2 Å². The molecule has 0 atom stereocenters. The van der Waals surface area contributed by atoms with E-state index in [-0.39, 0.29) is 5.82 Å². The van der Waals surface area contributed by atoms with E-state index < -0.39 is 0 Å². The second kappa shape index (κ2) is 5.05. The minimum Gasteiger partial charge on any atom is -0.383 e. The van der Waals surface area contributed by atoms with Gasteiger partial charge < -0.3 is 9.30 Å². The minimum absolute atomic E-state index is 0.271. The van der Waals surface area contributed by atoms with Gasteiger partial charge in [-0.25, -0.2) is 4.39 Å². The van der Waals surface area contributed by atoms with Crippen LogP contribution >= 0.6 is 0 Å². The summed E-state index contributed by atoms with van der Waals surface area (Å²) in [7, 11) is 1.64. The van der Waals surface area contributed by atoms with Gasteiger partial charge in [-0.3, -0.25) is 0 Å². The van der Waals surface area contributed by atoms with Crippen molar-refractivity contribution in [1.82, 2.24) is 14.8 Å². The molecule has 0 N–H and O–H groups in total. The lowest BCUT2D eigenvalue weighted by Crippen LogP contribution is -2.05. The molecule has 0 aliphatic carbocycles. The molecule has 0 aliphatic heterocycles. The van der Waals surface area contributed by atoms with Crippen LogP contribution in [-0.2, 0) is 11.3 Å². The van der Waals surface area contributed by atoms with Gasteiger partial charge in [0.15, 0.2) is 5.82 Å². The van der Waals surface area contributed by atoms with Crippen LogP contribution in [0.15, 0.2) is 24.5 Å². The Morgan fingerprint density at radius 2 is 2.24 bits per heavy atom. The second-order valence-electron chi connectivity index (χ2n) is 3.80. The molecule has 0 amide bonds. The van der Waals surface area contributed by atoms with E-state index in [0.717, 1.165) is 11.1 Å². The first-order valence-corrected chi connectivity index (χ1v) is 5.35. The highest BCUT2D eigenvalue weighted by molar-refractivity contribution is 5.59. The zero-order chi connectivity index (χ0) is 12.3. The number of nitrogens with zero attached hydrogens (tertiary/aromatic N) is 3. The molecule has 0 radical (unpaired) electrons. The summed E-state index contributed by atoms with van der Waals surface area (Å²) < 4.78 is 20.1. The maximum atomic E-state index is 13.2. The van der Waals surface area contributed by atoms with E-state index in [4.69, 9.17) is 4.74 Å². The Balaban J connectivity index is 2.38. The fourth-order valence-corrected chi connectivity index (χ4v) is 1.65. The molecule has 17 heavy (non-hydrogen) atoms. The van der Waals surface area contributed by atoms with E-state index in [1.54, 1.807) is 19.5 Å². The molecule has 2 aromatic rings. The smallest absolute Gasteiger partial charge is 0.164 e. The Morgan fingerprint density at radius 3 is 3.00 bits per heavy atom. The number of aryl methyl sites for hydroxylation is 1. The summed E-state index contributed by atoms with van der Waals surface area (Å²) >= 11 is 0. The summed E-state index contributed by atoms with van der Waals surface area (Å²) in [4.78, 5) is 0. The van der Waals surface area contributed by atoms with Crippen molar-refractivity contribution in [3.05, 3.63) is 35.9 Å². The largest absolute Gasteiger partial charge is 0.383 e. The highest BCUT2D eigenvalue weighted by Gasteiger charge is 2.10. The number of methoxy groups -OCH3 is 1. The molecular weight excluding hydrogens is 221 g/mol. The highest BCUT2D eigenvalue weighted by atomic mass is 19.1. The van der Waals surface area contributed by atoms with Crippen molar-refractivity contribution >= 4 is 0 Å². The Bertz CT molecular complexity index is 510. The van der Waals surface area contributed by atoms with Crippen LogP contribution in [0.1, 0.15) is 5.56 Å². The lowest BCUT2D eigenvalue weighted by molar-refractivity contribution is 0.187. The van der Waals surface area contributed by atoms with E-state index in [1.165, 1.54) is 12.1 Å². The number of hydrogen-bond donors (Lipinski definition) is 0. The van der Waals surface area contributed by atoms with Crippen molar-refractivity contribution in [3.8, 4) is 11.4 Å². The average molecular weight is 235 g/mol. The van der Waals surface area contributed by atoms with Crippen molar-refractivity contribution in [2.75, 3.05) is 13.7 Å². The van der Waals surface area contributed by atoms with Crippen molar-refractivity contribution in [2.45, 2.75) is 13.5 Å². The molecular formula is C12H14FN3O. The van der Waals surface area contributed by atoms with Gasteiger partial charge in [0.25, 0.3) is 0 Å². The van der Waals surface area contributed by atoms with Gasteiger partial charge in [0.1, 0.15) is 12.1 Å². The third-order valence-corrected chi connectivity index (χ3v) is 2.59. The van der Waals surface area contributed by atoms with Crippen molar-refractivity contribution < 1.29 is 9.13 Å². The maximum Gasteiger partial charge on any atom is 0.164 e. The summed E-state index contributed by atoms with van der Waals surface area (Å²) in [6, 6.07) is 4.65. The lowest BCUT2D eigenvalue weighted by Gasteiger charge is -2.08. The van der Waals surface area contributed by atoms with Crippen LogP contribution in [-0.4, -0.2) is 28.5 Å². The average Bonchev–Trinajstić information content (AvgIpc) is 2.77. The SMILES string of the molecule is COCCn1cnnc1-c1cc(F)ccc1C. The Labute approximate surface area is 99.1 Å². The van der Waals surface area contributed by atoms with Crippen molar-refractivity contribution in [3.63, 3.8) is 0 Å². The molecule has 5 heteroatoms. The molecule has 0 spiro atoms. The number of halogens is 1. The van der Waals surface area contributed by atoms with Crippen LogP contribution < -0.4 is 0 Å². The quantitative estimate of drug-likeness (QED) is 0.814. The third-order valence-electron chi connectivity index (χ3n) is 2.59. The first-order chi connectivity index (χ1) is 8.22. The van der Waals surface area contributed by atoms with Crippen LogP contribution in [0.3, 0.4) is 0 Å². The molecule has 1 aromatic heterocycles. The number of hydrogen-bond acceptors (Lipinski definition) is 3. The Kier molecular flexibility index (Phi) is 3.49. The molecule has 2 rings (SSSR count). The van der Waals surface area contributed by atoms with Gasteiger partial charge >= 0.3 is 0 Å². The van der Waals surface area contributed by atoms with Crippen LogP contribution in [0.5, 0.6) is 0 Å². The predicted molar refractivity (Wildman–Crippen MR) is 62.0 cm³/mol. The molecule has 4 nitrogen and oxygen atoms in total. The number of rotatable bonds is 4. The zero-order valence-electron chi connectivity index (χ0n) is 9.85. The summed E-state index contributed by atoms with van der Waals surface area (Å²) in [5.74, 6) is 0.394. The number of aromatic nitrogens is 3. The third kappa shape index (κ3) is 2.50. The minimum atomic E-state index is -0.271. The highest BCUT2D eigenvalue weighted by Crippen LogP contribution is 2.22. The lowest BCUT2D eigenvalue weighted by atomic mass is 10.1. The summed E-state index contributed by atoms with van der Waals surface area (Å²) in [6.07, 6.45) is 1.62. The molecule has 0 fully saturated rings. The molecule has 90 valence electrons. The predicted octanol–water partition coefficient (Wildman–Crippen LogP) is 2.04. The van der Waals surface area contributed by atoms with E-state index in [1.807, 2.05) is 11.5 Å². The summed E-state index contributed by atoms with van der Waals surface area (Å²) in [6.45, 7) is 3.14. The molecule has 0 unspecified atom stereocenters. The van der Waals surface area contributed by atoms with Gasteiger partial charge in [-0.1, -0.05) is 6.07 Å². The van der Waals surface area contributed by atoms with Gasteiger partial charge in [-0.05, 0) is 24.6 Å². The van der Waals surface area contributed by atoms with Crippen LogP contribution in [0, 0.1) is 12.7 Å². The van der Waals surface area contributed by atoms with E-state index >= 15 is 0 Å². The molecule has 0 aliphatic rings. The van der Waals surface area contributed by atoms with Gasteiger partial charge in [-0.15, -0.1) is 10.2 Å². The fraction of sp³-hybridized carbons (Fsp3) is 0.333. The summed E-state index contributed by atoms with van der Waals surface area (Å²) in [5, 5.41) is 7.89. The number of ether oxygens (including phenoxy) is 1.